The molecular formula is C11H19NO2S. The Hall–Kier alpha value is -1.03. The van der Waals surface area contributed by atoms with Gasteiger partial charge < -0.3 is 4.74 Å². The minimum Gasteiger partial charge on any atom is -0.469 e. The topological polar surface area (TPSA) is 38.7 Å². The van der Waals surface area contributed by atoms with E-state index in [4.69, 9.17) is 0 Å². The number of rotatable bonds is 6. The molecule has 0 bridgehead atoms. The molecule has 0 spiro atoms. The van der Waals surface area contributed by atoms with Crippen LogP contribution < -0.4 is 0 Å². The molecule has 0 aromatic carbocycles. The van der Waals surface area contributed by atoms with E-state index in [2.05, 4.69) is 29.6 Å². The molecule has 0 aliphatic carbocycles. The highest BCUT2D eigenvalue weighted by Gasteiger charge is 1.99. The summed E-state index contributed by atoms with van der Waals surface area (Å²) in [6.45, 7) is 11.4. The van der Waals surface area contributed by atoms with Crippen molar-refractivity contribution in [1.29, 1.82) is 0 Å². The molecule has 0 saturated carbocycles. The largest absolute Gasteiger partial charge is 0.469 e. The van der Waals surface area contributed by atoms with Crippen molar-refractivity contribution >= 4 is 24.4 Å². The smallest absolute Gasteiger partial charge is 0.306 e. The molecule has 0 N–H and O–H groups in total. The van der Waals surface area contributed by atoms with E-state index in [0.717, 1.165) is 17.2 Å². The summed E-state index contributed by atoms with van der Waals surface area (Å²) in [4.78, 5) is 14.5. The van der Waals surface area contributed by atoms with Crippen molar-refractivity contribution in [2.75, 3.05) is 18.6 Å². The summed E-state index contributed by atoms with van der Waals surface area (Å²) in [6.07, 6.45) is 2.37. The molecule has 86 valence electrons. The van der Waals surface area contributed by atoms with Gasteiger partial charge in [0.05, 0.1) is 13.5 Å². The molecule has 0 amide bonds. The fourth-order valence-corrected chi connectivity index (χ4v) is 1.58. The van der Waals surface area contributed by atoms with Gasteiger partial charge in [0.25, 0.3) is 0 Å². The van der Waals surface area contributed by atoms with Crippen molar-refractivity contribution < 1.29 is 9.53 Å². The van der Waals surface area contributed by atoms with Crippen LogP contribution in [0.15, 0.2) is 29.9 Å². The number of nitrogens with zero attached hydrogens (tertiary/aromatic N) is 1. The Morgan fingerprint density at radius 3 is 2.53 bits per heavy atom. The zero-order valence-electron chi connectivity index (χ0n) is 9.49. The number of hydrogen-bond donors (Lipinski definition) is 0. The number of thioether (sulfide) groups is 1. The second-order valence-electron chi connectivity index (χ2n) is 2.32. The quantitative estimate of drug-likeness (QED) is 0.304. The van der Waals surface area contributed by atoms with Crippen LogP contribution in [-0.2, 0) is 9.53 Å². The van der Waals surface area contributed by atoms with Crippen molar-refractivity contribution in [3.63, 3.8) is 0 Å². The van der Waals surface area contributed by atoms with E-state index in [1.165, 1.54) is 7.11 Å². The van der Waals surface area contributed by atoms with Crippen LogP contribution >= 0.6 is 11.8 Å². The molecule has 0 rings (SSSR count). The van der Waals surface area contributed by atoms with Crippen molar-refractivity contribution in [2.24, 2.45) is 4.99 Å². The Morgan fingerprint density at radius 1 is 1.53 bits per heavy atom. The minimum atomic E-state index is -0.166. The second kappa shape index (κ2) is 13.0. The number of hydrogen-bond acceptors (Lipinski definition) is 4. The van der Waals surface area contributed by atoms with Crippen LogP contribution in [0.5, 0.6) is 0 Å². The number of esters is 1. The van der Waals surface area contributed by atoms with Gasteiger partial charge >= 0.3 is 5.97 Å². The van der Waals surface area contributed by atoms with Crippen LogP contribution in [0.4, 0.5) is 0 Å². The molecule has 0 unspecified atom stereocenters. The summed E-state index contributed by atoms with van der Waals surface area (Å²) in [5, 5.41) is 0. The second-order valence-corrected chi connectivity index (χ2v) is 3.42. The van der Waals surface area contributed by atoms with Crippen molar-refractivity contribution in [1.82, 2.24) is 0 Å². The molecule has 15 heavy (non-hydrogen) atoms. The van der Waals surface area contributed by atoms with E-state index in [1.807, 2.05) is 13.0 Å². The third-order valence-electron chi connectivity index (χ3n) is 1.46. The van der Waals surface area contributed by atoms with Gasteiger partial charge in [-0.25, -0.2) is 0 Å². The number of ether oxygens (including phenoxy) is 1. The van der Waals surface area contributed by atoms with Crippen molar-refractivity contribution in [2.45, 2.75) is 13.3 Å². The Bertz CT molecular complexity index is 215. The summed E-state index contributed by atoms with van der Waals surface area (Å²) >= 11 is 1.65. The molecule has 0 atom stereocenters. The van der Waals surface area contributed by atoms with Crippen LogP contribution in [-0.4, -0.2) is 31.3 Å². The van der Waals surface area contributed by atoms with E-state index >= 15 is 0 Å². The van der Waals surface area contributed by atoms with Gasteiger partial charge in [-0.1, -0.05) is 6.08 Å². The molecule has 0 radical (unpaired) electrons. The first-order valence-corrected chi connectivity index (χ1v) is 5.66. The van der Waals surface area contributed by atoms with E-state index in [0.29, 0.717) is 6.42 Å². The Kier molecular flexibility index (Phi) is 14.2. The lowest BCUT2D eigenvalue weighted by Gasteiger charge is -2.00. The number of aliphatic imine (C=N–C) groups is 1. The zero-order chi connectivity index (χ0) is 12.1. The molecule has 0 aliphatic heterocycles. The molecule has 0 saturated heterocycles. The SMILES string of the molecule is C=C.C=N/C(=C\C)CSCCC(=O)OC. The highest BCUT2D eigenvalue weighted by Crippen LogP contribution is 2.09. The monoisotopic (exact) mass is 229 g/mol. The van der Waals surface area contributed by atoms with Gasteiger partial charge in [-0.3, -0.25) is 9.79 Å². The van der Waals surface area contributed by atoms with Crippen LogP contribution in [0.1, 0.15) is 13.3 Å². The number of carbonyl (C=O) groups is 1. The van der Waals surface area contributed by atoms with E-state index in [-0.39, 0.29) is 5.97 Å². The number of allylic oxidation sites excluding steroid dienone is 1. The average molecular weight is 229 g/mol. The number of carbonyl (C=O) groups excluding carboxylic acids is 1. The molecule has 0 aliphatic rings. The Labute approximate surface area is 96.3 Å². The molecule has 0 heterocycles. The van der Waals surface area contributed by atoms with Gasteiger partial charge in [0.2, 0.25) is 0 Å². The first kappa shape index (κ1) is 16.4. The van der Waals surface area contributed by atoms with Gasteiger partial charge in [0.15, 0.2) is 0 Å². The van der Waals surface area contributed by atoms with E-state index < -0.39 is 0 Å². The molecular weight excluding hydrogens is 210 g/mol. The Balaban J connectivity index is 0. The summed E-state index contributed by atoms with van der Waals surface area (Å²) in [5.41, 5.74) is 0.954. The normalized spacial score (nSPS) is 9.87. The third-order valence-corrected chi connectivity index (χ3v) is 2.46. The average Bonchev–Trinajstić information content (AvgIpc) is 2.31. The van der Waals surface area contributed by atoms with Crippen LogP contribution in [0.3, 0.4) is 0 Å². The fourth-order valence-electron chi connectivity index (χ4n) is 0.655. The van der Waals surface area contributed by atoms with Gasteiger partial charge in [0.1, 0.15) is 0 Å². The summed E-state index contributed by atoms with van der Waals surface area (Å²) in [7, 11) is 1.40. The van der Waals surface area contributed by atoms with Gasteiger partial charge in [0, 0.05) is 17.2 Å². The van der Waals surface area contributed by atoms with Gasteiger partial charge in [-0.15, -0.1) is 13.2 Å². The molecule has 0 fully saturated rings. The van der Waals surface area contributed by atoms with Crippen molar-refractivity contribution in [3.8, 4) is 0 Å². The maximum absolute atomic E-state index is 10.7. The third kappa shape index (κ3) is 10.9. The van der Waals surface area contributed by atoms with Crippen LogP contribution in [0.2, 0.25) is 0 Å². The molecule has 0 aromatic rings. The maximum Gasteiger partial charge on any atom is 0.306 e. The standard InChI is InChI=1S/C9H15NO2S.C2H4/c1-4-8(10-2)7-13-6-5-9(11)12-3;1-2/h4H,2,5-7H2,1,3H3;1-2H2/b8-4-;. The molecule has 0 aromatic heterocycles. The predicted molar refractivity (Wildman–Crippen MR) is 68.5 cm³/mol. The van der Waals surface area contributed by atoms with Crippen LogP contribution in [0, 0.1) is 0 Å². The van der Waals surface area contributed by atoms with Crippen LogP contribution in [0.25, 0.3) is 0 Å². The lowest BCUT2D eigenvalue weighted by Crippen LogP contribution is -2.01. The zero-order valence-corrected chi connectivity index (χ0v) is 10.3. The first-order valence-electron chi connectivity index (χ1n) is 4.51. The minimum absolute atomic E-state index is 0.166. The summed E-state index contributed by atoms with van der Waals surface area (Å²) in [5.74, 6) is 1.40. The highest BCUT2D eigenvalue weighted by molar-refractivity contribution is 7.99. The van der Waals surface area contributed by atoms with Gasteiger partial charge in [-0.2, -0.15) is 11.8 Å². The maximum atomic E-state index is 10.7. The fraction of sp³-hybridized carbons (Fsp3) is 0.455. The molecule has 4 heteroatoms. The first-order chi connectivity index (χ1) is 7.24. The van der Waals surface area contributed by atoms with Crippen molar-refractivity contribution in [3.05, 3.63) is 24.9 Å². The summed E-state index contributed by atoms with van der Waals surface area (Å²) in [6, 6.07) is 0. The van der Waals surface area contributed by atoms with E-state index in [1.54, 1.807) is 11.8 Å². The summed E-state index contributed by atoms with van der Waals surface area (Å²) < 4.78 is 4.51. The van der Waals surface area contributed by atoms with E-state index in [9.17, 15) is 4.79 Å². The number of methoxy groups -OCH3 is 1. The highest BCUT2D eigenvalue weighted by atomic mass is 32.2. The lowest BCUT2D eigenvalue weighted by molar-refractivity contribution is -0.140. The van der Waals surface area contributed by atoms with Gasteiger partial charge in [-0.05, 0) is 13.6 Å². The predicted octanol–water partition coefficient (Wildman–Crippen LogP) is 2.69. The lowest BCUT2D eigenvalue weighted by atomic mass is 10.5. The Morgan fingerprint density at radius 2 is 2.13 bits per heavy atom. The molecule has 3 nitrogen and oxygen atoms in total.